The predicted molar refractivity (Wildman–Crippen MR) is 127 cm³/mol. The second-order valence-electron chi connectivity index (χ2n) is 8.80. The summed E-state index contributed by atoms with van der Waals surface area (Å²) < 4.78 is 0. The van der Waals surface area contributed by atoms with Gasteiger partial charge in [0.05, 0.1) is 6.04 Å². The number of rotatable bonds is 14. The number of carbonyl (C=O) groups excluding carboxylic acids is 4. The van der Waals surface area contributed by atoms with Crippen LogP contribution < -0.4 is 27.4 Å². The molecule has 12 heteroatoms. The molecule has 0 aromatic heterocycles. The lowest BCUT2D eigenvalue weighted by Crippen LogP contribution is -2.56. The molecule has 0 aliphatic carbocycles. The standard InChI is InChI=1S/C23H35N5O7/c1-12(2)10-17(27-21(32)16(24)8-9-19(25)30)22(33)26-13(3)20(31)28-18(23(34)35)11-14-4-6-15(29)7-5-14/h4-7,12-13,16-18,29H,8-11,24H2,1-3H3,(H2,25,30)(H,26,33)(H,27,32)(H,28,31)(H,34,35). The topological polar surface area (TPSA) is 214 Å². The van der Waals surface area contributed by atoms with Crippen LogP contribution in [0, 0.1) is 5.92 Å². The first kappa shape index (κ1) is 29.4. The summed E-state index contributed by atoms with van der Waals surface area (Å²) in [5.74, 6) is -3.82. The van der Waals surface area contributed by atoms with E-state index in [1.807, 2.05) is 13.8 Å². The Morgan fingerprint density at radius 1 is 0.886 bits per heavy atom. The number of hydrogen-bond donors (Lipinski definition) is 7. The number of carbonyl (C=O) groups is 5. The van der Waals surface area contributed by atoms with Gasteiger partial charge in [0.2, 0.25) is 23.6 Å². The Balaban J connectivity index is 2.78. The lowest BCUT2D eigenvalue weighted by atomic mass is 10.0. The van der Waals surface area contributed by atoms with Gasteiger partial charge in [0.15, 0.2) is 0 Å². The molecule has 4 amide bonds. The first-order valence-electron chi connectivity index (χ1n) is 11.3. The minimum atomic E-state index is -1.26. The van der Waals surface area contributed by atoms with Crippen LogP contribution in [0.5, 0.6) is 5.75 Å². The third-order valence-electron chi connectivity index (χ3n) is 5.12. The number of phenols is 1. The second-order valence-corrected chi connectivity index (χ2v) is 8.80. The second kappa shape index (κ2) is 13.9. The van der Waals surface area contributed by atoms with E-state index in [-0.39, 0.29) is 37.4 Å². The van der Waals surface area contributed by atoms with Crippen molar-refractivity contribution in [2.24, 2.45) is 17.4 Å². The summed E-state index contributed by atoms with van der Waals surface area (Å²) in [6.07, 6.45) is 0.166. The Labute approximate surface area is 203 Å². The van der Waals surface area contributed by atoms with Gasteiger partial charge in [-0.3, -0.25) is 19.2 Å². The van der Waals surface area contributed by atoms with Crippen LogP contribution in [0.25, 0.3) is 0 Å². The number of amides is 4. The van der Waals surface area contributed by atoms with E-state index in [0.29, 0.717) is 5.56 Å². The molecule has 0 saturated carbocycles. The average molecular weight is 494 g/mol. The highest BCUT2D eigenvalue weighted by atomic mass is 16.4. The largest absolute Gasteiger partial charge is 0.508 e. The van der Waals surface area contributed by atoms with Crippen molar-refractivity contribution in [1.82, 2.24) is 16.0 Å². The van der Waals surface area contributed by atoms with Gasteiger partial charge in [0, 0.05) is 12.8 Å². The summed E-state index contributed by atoms with van der Waals surface area (Å²) in [4.78, 5) is 60.3. The Hall–Kier alpha value is -3.67. The molecule has 4 unspecified atom stereocenters. The number of aliphatic carboxylic acids is 1. The fourth-order valence-corrected chi connectivity index (χ4v) is 3.15. The van der Waals surface area contributed by atoms with Crippen molar-refractivity contribution < 1.29 is 34.2 Å². The fraction of sp³-hybridized carbons (Fsp3) is 0.522. The van der Waals surface area contributed by atoms with Gasteiger partial charge in [-0.2, -0.15) is 0 Å². The number of nitrogens with two attached hydrogens (primary N) is 2. The van der Waals surface area contributed by atoms with Crippen molar-refractivity contribution in [2.45, 2.75) is 70.6 Å². The normalized spacial score (nSPS) is 14.3. The summed E-state index contributed by atoms with van der Waals surface area (Å²) in [7, 11) is 0. The molecule has 0 fully saturated rings. The van der Waals surface area contributed by atoms with Crippen LogP contribution in [0.4, 0.5) is 0 Å². The van der Waals surface area contributed by atoms with Gasteiger partial charge in [0.25, 0.3) is 0 Å². The van der Waals surface area contributed by atoms with Crippen molar-refractivity contribution in [2.75, 3.05) is 0 Å². The molecule has 0 bridgehead atoms. The van der Waals surface area contributed by atoms with Crippen LogP contribution in [0.3, 0.4) is 0 Å². The molecule has 0 aliphatic heterocycles. The first-order valence-corrected chi connectivity index (χ1v) is 11.3. The Morgan fingerprint density at radius 3 is 1.97 bits per heavy atom. The lowest BCUT2D eigenvalue weighted by Gasteiger charge is -2.24. The van der Waals surface area contributed by atoms with Crippen LogP contribution >= 0.6 is 0 Å². The maximum Gasteiger partial charge on any atom is 0.326 e. The van der Waals surface area contributed by atoms with E-state index in [1.54, 1.807) is 0 Å². The van der Waals surface area contributed by atoms with Crippen molar-refractivity contribution in [3.63, 3.8) is 0 Å². The Morgan fingerprint density at radius 2 is 1.46 bits per heavy atom. The number of aromatic hydroxyl groups is 1. The minimum absolute atomic E-state index is 0.0127. The molecule has 12 nitrogen and oxygen atoms in total. The summed E-state index contributed by atoms with van der Waals surface area (Å²) in [5, 5.41) is 26.2. The Bertz CT molecular complexity index is 904. The third kappa shape index (κ3) is 10.9. The van der Waals surface area contributed by atoms with Crippen molar-refractivity contribution in [3.8, 4) is 5.75 Å². The molecule has 0 radical (unpaired) electrons. The lowest BCUT2D eigenvalue weighted by molar-refractivity contribution is -0.142. The van der Waals surface area contributed by atoms with Crippen LogP contribution in [0.1, 0.15) is 45.6 Å². The SMILES string of the molecule is CC(C)CC(NC(=O)C(N)CCC(N)=O)C(=O)NC(C)C(=O)NC(Cc1ccc(O)cc1)C(=O)O. The zero-order valence-corrected chi connectivity index (χ0v) is 20.1. The van der Waals surface area contributed by atoms with Crippen molar-refractivity contribution in [1.29, 1.82) is 0 Å². The molecule has 9 N–H and O–H groups in total. The summed E-state index contributed by atoms with van der Waals surface area (Å²) >= 11 is 0. The minimum Gasteiger partial charge on any atom is -0.508 e. The molecule has 35 heavy (non-hydrogen) atoms. The smallest absolute Gasteiger partial charge is 0.326 e. The Kier molecular flexibility index (Phi) is 11.7. The molecule has 1 rings (SSSR count). The average Bonchev–Trinajstić information content (AvgIpc) is 2.77. The number of benzene rings is 1. The quantitative estimate of drug-likeness (QED) is 0.172. The molecule has 0 spiro atoms. The van der Waals surface area contributed by atoms with Gasteiger partial charge in [-0.05, 0) is 43.4 Å². The van der Waals surface area contributed by atoms with E-state index in [2.05, 4.69) is 16.0 Å². The maximum absolute atomic E-state index is 12.8. The van der Waals surface area contributed by atoms with E-state index < -0.39 is 53.8 Å². The molecule has 194 valence electrons. The summed E-state index contributed by atoms with van der Waals surface area (Å²) in [5.41, 5.74) is 11.4. The number of carboxylic acids is 1. The highest BCUT2D eigenvalue weighted by Crippen LogP contribution is 2.12. The molecule has 4 atom stereocenters. The van der Waals surface area contributed by atoms with Gasteiger partial charge in [-0.1, -0.05) is 26.0 Å². The van der Waals surface area contributed by atoms with Gasteiger partial charge < -0.3 is 37.6 Å². The van der Waals surface area contributed by atoms with E-state index in [9.17, 15) is 34.2 Å². The van der Waals surface area contributed by atoms with E-state index in [0.717, 1.165) is 0 Å². The number of nitrogens with one attached hydrogen (secondary N) is 3. The van der Waals surface area contributed by atoms with Gasteiger partial charge >= 0.3 is 5.97 Å². The van der Waals surface area contributed by atoms with Gasteiger partial charge in [-0.25, -0.2) is 4.79 Å². The van der Waals surface area contributed by atoms with Crippen molar-refractivity contribution >= 4 is 29.6 Å². The van der Waals surface area contributed by atoms with Gasteiger partial charge in [0.1, 0.15) is 23.9 Å². The molecular formula is C23H35N5O7. The summed E-state index contributed by atoms with van der Waals surface area (Å²) in [6.45, 7) is 5.08. The number of hydrogen-bond acceptors (Lipinski definition) is 7. The third-order valence-corrected chi connectivity index (χ3v) is 5.12. The van der Waals surface area contributed by atoms with Crippen molar-refractivity contribution in [3.05, 3.63) is 29.8 Å². The van der Waals surface area contributed by atoms with Gasteiger partial charge in [-0.15, -0.1) is 0 Å². The molecule has 0 saturated heterocycles. The van der Waals surface area contributed by atoms with Crippen LogP contribution in [0.15, 0.2) is 24.3 Å². The molecule has 0 aliphatic rings. The van der Waals surface area contributed by atoms with Crippen LogP contribution in [-0.2, 0) is 30.4 Å². The number of phenolic OH excluding ortho intramolecular Hbond substituents is 1. The summed E-state index contributed by atoms with van der Waals surface area (Å²) in [6, 6.07) is 1.49. The first-order chi connectivity index (χ1) is 16.3. The van der Waals surface area contributed by atoms with Crippen LogP contribution in [0.2, 0.25) is 0 Å². The zero-order valence-electron chi connectivity index (χ0n) is 20.1. The highest BCUT2D eigenvalue weighted by molar-refractivity contribution is 5.94. The number of primary amides is 1. The van der Waals surface area contributed by atoms with E-state index in [4.69, 9.17) is 11.5 Å². The maximum atomic E-state index is 12.8. The molecule has 1 aromatic carbocycles. The zero-order chi connectivity index (χ0) is 26.7. The highest BCUT2D eigenvalue weighted by Gasteiger charge is 2.29. The van der Waals surface area contributed by atoms with Crippen LogP contribution in [-0.4, -0.2) is 64.0 Å². The molecule has 1 aromatic rings. The fourth-order valence-electron chi connectivity index (χ4n) is 3.15. The number of carboxylic acid groups (broad SMARTS) is 1. The van der Waals surface area contributed by atoms with E-state index >= 15 is 0 Å². The van der Waals surface area contributed by atoms with E-state index in [1.165, 1.54) is 31.2 Å². The molecule has 0 heterocycles. The molecular weight excluding hydrogens is 458 g/mol. The predicted octanol–water partition coefficient (Wildman–Crippen LogP) is -0.867. The monoisotopic (exact) mass is 493 g/mol.